The topological polar surface area (TPSA) is 61.9 Å². The standard InChI is InChI=1S/C28H41N3O3.ClH/c1-4-16-30-17-13-22-10-11-25(19-23(22)14-18-30)31-27(33)29-20-28(31,24-8-6-5-7-9-24)15-12-26(32)34-21(2)3;/h4,10-11,19,21,24H,1,5-9,12-18,20H2,2-3H3,(H,29,33);1H. The zero-order valence-electron chi connectivity index (χ0n) is 21.4. The van der Waals surface area contributed by atoms with Crippen molar-refractivity contribution >= 4 is 30.1 Å². The Hall–Kier alpha value is -2.05. The molecule has 35 heavy (non-hydrogen) atoms. The fourth-order valence-corrected chi connectivity index (χ4v) is 6.24. The van der Waals surface area contributed by atoms with Crippen LogP contribution in [0, 0.1) is 5.92 Å². The molecule has 1 aromatic rings. The Labute approximate surface area is 216 Å². The number of urea groups is 1. The Bertz CT molecular complexity index is 899. The van der Waals surface area contributed by atoms with Crippen LogP contribution >= 0.6 is 12.4 Å². The molecule has 0 aromatic heterocycles. The van der Waals surface area contributed by atoms with E-state index in [0.717, 1.165) is 51.0 Å². The number of ether oxygens (including phenoxy) is 1. The van der Waals surface area contributed by atoms with Crippen LogP contribution in [0.15, 0.2) is 30.9 Å². The van der Waals surface area contributed by atoms with Gasteiger partial charge in [0.15, 0.2) is 0 Å². The van der Waals surface area contributed by atoms with Gasteiger partial charge >= 0.3 is 12.0 Å². The van der Waals surface area contributed by atoms with Gasteiger partial charge in [-0.25, -0.2) is 4.79 Å². The first-order valence-electron chi connectivity index (χ1n) is 13.2. The molecule has 1 aromatic carbocycles. The van der Waals surface area contributed by atoms with E-state index >= 15 is 0 Å². The van der Waals surface area contributed by atoms with Gasteiger partial charge < -0.3 is 10.1 Å². The number of halogens is 1. The third-order valence-electron chi connectivity index (χ3n) is 7.92. The molecule has 0 spiro atoms. The van der Waals surface area contributed by atoms with E-state index in [1.165, 1.54) is 30.4 Å². The lowest BCUT2D eigenvalue weighted by molar-refractivity contribution is -0.147. The van der Waals surface area contributed by atoms with E-state index in [1.807, 2.05) is 24.8 Å². The average Bonchev–Trinajstić information content (AvgIpc) is 3.03. The van der Waals surface area contributed by atoms with Gasteiger partial charge in [-0.05, 0) is 75.1 Å². The molecule has 1 aliphatic carbocycles. The number of esters is 1. The van der Waals surface area contributed by atoms with Crippen LogP contribution in [0.4, 0.5) is 10.5 Å². The predicted octanol–water partition coefficient (Wildman–Crippen LogP) is 5.28. The highest BCUT2D eigenvalue weighted by molar-refractivity contribution is 5.96. The zero-order chi connectivity index (χ0) is 24.1. The number of carbonyl (C=O) groups excluding carboxylic acids is 2. The molecule has 3 aliphatic rings. The van der Waals surface area contributed by atoms with Crippen LogP contribution in [0.3, 0.4) is 0 Å². The molecule has 2 heterocycles. The minimum Gasteiger partial charge on any atom is -0.463 e. The van der Waals surface area contributed by atoms with E-state index in [0.29, 0.717) is 25.3 Å². The summed E-state index contributed by atoms with van der Waals surface area (Å²) in [6.07, 6.45) is 10.6. The molecule has 1 saturated carbocycles. The maximum atomic E-state index is 13.3. The summed E-state index contributed by atoms with van der Waals surface area (Å²) in [7, 11) is 0. The number of anilines is 1. The van der Waals surface area contributed by atoms with Crippen molar-refractivity contribution in [2.75, 3.05) is 31.1 Å². The summed E-state index contributed by atoms with van der Waals surface area (Å²) in [5.41, 5.74) is 3.29. The first-order chi connectivity index (χ1) is 16.4. The molecule has 1 atom stereocenters. The molecule has 4 rings (SSSR count). The Morgan fingerprint density at radius 3 is 2.60 bits per heavy atom. The molecule has 0 radical (unpaired) electrons. The lowest BCUT2D eigenvalue weighted by Crippen LogP contribution is -2.54. The minimum absolute atomic E-state index is 0. The van der Waals surface area contributed by atoms with Crippen LogP contribution in [0.2, 0.25) is 0 Å². The molecule has 2 aliphatic heterocycles. The molecule has 7 heteroatoms. The number of benzene rings is 1. The highest BCUT2D eigenvalue weighted by Gasteiger charge is 2.51. The van der Waals surface area contributed by atoms with Crippen LogP contribution in [-0.4, -0.2) is 54.7 Å². The summed E-state index contributed by atoms with van der Waals surface area (Å²) in [5.74, 6) is 0.211. The molecular formula is C28H42ClN3O3. The van der Waals surface area contributed by atoms with Gasteiger partial charge in [-0.1, -0.05) is 31.4 Å². The van der Waals surface area contributed by atoms with Gasteiger partial charge in [-0.2, -0.15) is 0 Å². The number of rotatable bonds is 8. The summed E-state index contributed by atoms with van der Waals surface area (Å²) in [6.45, 7) is 11.2. The number of nitrogens with one attached hydrogen (secondary N) is 1. The van der Waals surface area contributed by atoms with Gasteiger partial charge in [-0.3, -0.25) is 14.6 Å². The van der Waals surface area contributed by atoms with E-state index in [1.54, 1.807) is 0 Å². The quantitative estimate of drug-likeness (QED) is 0.387. The van der Waals surface area contributed by atoms with E-state index in [4.69, 9.17) is 4.74 Å². The van der Waals surface area contributed by atoms with Gasteiger partial charge in [0, 0.05) is 38.3 Å². The van der Waals surface area contributed by atoms with Crippen molar-refractivity contribution in [3.05, 3.63) is 42.0 Å². The molecule has 6 nitrogen and oxygen atoms in total. The second-order valence-corrected chi connectivity index (χ2v) is 10.5. The van der Waals surface area contributed by atoms with E-state index in [-0.39, 0.29) is 36.1 Å². The van der Waals surface area contributed by atoms with Crippen molar-refractivity contribution < 1.29 is 14.3 Å². The first kappa shape index (κ1) is 27.5. The lowest BCUT2D eigenvalue weighted by Gasteiger charge is -2.45. The minimum atomic E-state index is -0.388. The molecule has 2 fully saturated rings. The van der Waals surface area contributed by atoms with Crippen LogP contribution in [-0.2, 0) is 22.4 Å². The maximum Gasteiger partial charge on any atom is 0.322 e. The summed E-state index contributed by atoms with van der Waals surface area (Å²) in [4.78, 5) is 30.3. The zero-order valence-corrected chi connectivity index (χ0v) is 22.2. The smallest absolute Gasteiger partial charge is 0.322 e. The highest BCUT2D eigenvalue weighted by Crippen LogP contribution is 2.44. The SMILES string of the molecule is C=CCN1CCc2ccc(N3C(=O)NCC3(CCC(=O)OC(C)C)C3CCCCC3)cc2CC1.Cl. The molecule has 0 bridgehead atoms. The van der Waals surface area contributed by atoms with Gasteiger partial charge in [-0.15, -0.1) is 19.0 Å². The van der Waals surface area contributed by atoms with E-state index in [2.05, 4.69) is 35.0 Å². The molecule has 1 unspecified atom stereocenters. The number of hydrogen-bond donors (Lipinski definition) is 1. The van der Waals surface area contributed by atoms with Gasteiger partial charge in [0.2, 0.25) is 0 Å². The van der Waals surface area contributed by atoms with Gasteiger partial charge in [0.05, 0.1) is 11.6 Å². The third kappa shape index (κ3) is 6.21. The summed E-state index contributed by atoms with van der Waals surface area (Å²) >= 11 is 0. The van der Waals surface area contributed by atoms with Crippen molar-refractivity contribution in [2.24, 2.45) is 5.92 Å². The Balaban J connectivity index is 0.00000342. The number of nitrogens with zero attached hydrogens (tertiary/aromatic N) is 2. The van der Waals surface area contributed by atoms with E-state index < -0.39 is 0 Å². The average molecular weight is 504 g/mol. The molecular weight excluding hydrogens is 462 g/mol. The number of amides is 2. The molecule has 2 amide bonds. The third-order valence-corrected chi connectivity index (χ3v) is 7.92. The Morgan fingerprint density at radius 1 is 1.20 bits per heavy atom. The lowest BCUT2D eigenvalue weighted by atomic mass is 9.71. The van der Waals surface area contributed by atoms with Crippen LogP contribution < -0.4 is 10.2 Å². The van der Waals surface area contributed by atoms with Crippen LogP contribution in [0.25, 0.3) is 0 Å². The van der Waals surface area contributed by atoms with Gasteiger partial charge in [0.25, 0.3) is 0 Å². The summed E-state index contributed by atoms with van der Waals surface area (Å²) < 4.78 is 5.45. The van der Waals surface area contributed by atoms with Crippen molar-refractivity contribution in [2.45, 2.75) is 83.3 Å². The van der Waals surface area contributed by atoms with Crippen LogP contribution in [0.1, 0.15) is 69.9 Å². The van der Waals surface area contributed by atoms with Gasteiger partial charge in [0.1, 0.15) is 0 Å². The molecule has 1 saturated heterocycles. The molecule has 1 N–H and O–H groups in total. The van der Waals surface area contributed by atoms with Crippen molar-refractivity contribution in [1.82, 2.24) is 10.2 Å². The second-order valence-electron chi connectivity index (χ2n) is 10.5. The van der Waals surface area contributed by atoms with Crippen molar-refractivity contribution in [3.63, 3.8) is 0 Å². The highest BCUT2D eigenvalue weighted by atomic mass is 35.5. The summed E-state index contributed by atoms with van der Waals surface area (Å²) in [6, 6.07) is 6.54. The fourth-order valence-electron chi connectivity index (χ4n) is 6.24. The van der Waals surface area contributed by atoms with E-state index in [9.17, 15) is 9.59 Å². The van der Waals surface area contributed by atoms with Crippen LogP contribution in [0.5, 0.6) is 0 Å². The monoisotopic (exact) mass is 503 g/mol. The summed E-state index contributed by atoms with van der Waals surface area (Å²) in [5, 5.41) is 3.15. The number of fused-ring (bicyclic) bond motifs is 1. The number of carbonyl (C=O) groups is 2. The van der Waals surface area contributed by atoms with Crippen molar-refractivity contribution in [3.8, 4) is 0 Å². The number of hydrogen-bond acceptors (Lipinski definition) is 4. The Morgan fingerprint density at radius 2 is 1.91 bits per heavy atom. The first-order valence-corrected chi connectivity index (χ1v) is 13.2. The Kier molecular flexibility index (Phi) is 9.65. The predicted molar refractivity (Wildman–Crippen MR) is 143 cm³/mol. The van der Waals surface area contributed by atoms with Crippen molar-refractivity contribution in [1.29, 1.82) is 0 Å². The maximum absolute atomic E-state index is 13.3. The largest absolute Gasteiger partial charge is 0.463 e. The molecule has 194 valence electrons. The normalized spacial score (nSPS) is 23.3. The fraction of sp³-hybridized carbons (Fsp3) is 0.643. The second kappa shape index (κ2) is 12.3.